The predicted octanol–water partition coefficient (Wildman–Crippen LogP) is 1.56. The molecule has 0 spiro atoms. The summed E-state index contributed by atoms with van der Waals surface area (Å²) in [5.41, 5.74) is -0.0717. The van der Waals surface area contributed by atoms with Gasteiger partial charge in [0.1, 0.15) is 6.20 Å². The first kappa shape index (κ1) is 11.4. The van der Waals surface area contributed by atoms with Crippen LogP contribution in [0.4, 0.5) is 5.69 Å². The Balaban J connectivity index is 2.50. The summed E-state index contributed by atoms with van der Waals surface area (Å²) in [5.74, 6) is -0.468. The van der Waals surface area contributed by atoms with Crippen LogP contribution in [0.3, 0.4) is 0 Å². The SMILES string of the molecule is O=C(O)CCSc1ccc([N+](=O)[O-])cn1. The number of aliphatic carboxylic acids is 1. The molecule has 0 bridgehead atoms. The van der Waals surface area contributed by atoms with Gasteiger partial charge in [0, 0.05) is 11.8 Å². The molecule has 0 atom stereocenters. The minimum atomic E-state index is -0.871. The van der Waals surface area contributed by atoms with Crippen LogP contribution in [-0.4, -0.2) is 26.7 Å². The number of hydrogen-bond acceptors (Lipinski definition) is 5. The van der Waals surface area contributed by atoms with Crippen LogP contribution in [0.1, 0.15) is 6.42 Å². The normalized spacial score (nSPS) is 9.87. The highest BCUT2D eigenvalue weighted by Crippen LogP contribution is 2.18. The molecule has 1 heterocycles. The molecule has 80 valence electrons. The summed E-state index contributed by atoms with van der Waals surface area (Å²) in [6.45, 7) is 0. The van der Waals surface area contributed by atoms with E-state index in [0.29, 0.717) is 10.8 Å². The van der Waals surface area contributed by atoms with E-state index in [9.17, 15) is 14.9 Å². The molecule has 7 heteroatoms. The molecular weight excluding hydrogens is 220 g/mol. The number of hydrogen-bond donors (Lipinski definition) is 1. The van der Waals surface area contributed by atoms with Crippen LogP contribution < -0.4 is 0 Å². The average Bonchev–Trinajstić information content (AvgIpc) is 2.18. The first-order valence-corrected chi connectivity index (χ1v) is 5.03. The molecule has 0 radical (unpaired) electrons. The molecule has 6 nitrogen and oxygen atoms in total. The molecule has 1 N–H and O–H groups in total. The number of thioether (sulfide) groups is 1. The molecule has 0 aromatic carbocycles. The fourth-order valence-corrected chi connectivity index (χ4v) is 1.59. The van der Waals surface area contributed by atoms with Crippen molar-refractivity contribution in [3.63, 3.8) is 0 Å². The third-order valence-corrected chi connectivity index (χ3v) is 2.44. The molecule has 0 fully saturated rings. The lowest BCUT2D eigenvalue weighted by molar-refractivity contribution is -0.385. The third-order valence-electron chi connectivity index (χ3n) is 1.50. The summed E-state index contributed by atoms with van der Waals surface area (Å²) in [4.78, 5) is 23.8. The van der Waals surface area contributed by atoms with Crippen molar-refractivity contribution in [1.29, 1.82) is 0 Å². The quantitative estimate of drug-likeness (QED) is 0.467. The number of aromatic nitrogens is 1. The maximum atomic E-state index is 10.3. The van der Waals surface area contributed by atoms with E-state index in [0.717, 1.165) is 6.20 Å². The molecule has 1 aromatic rings. The largest absolute Gasteiger partial charge is 0.481 e. The van der Waals surface area contributed by atoms with E-state index >= 15 is 0 Å². The number of rotatable bonds is 5. The molecule has 0 unspecified atom stereocenters. The van der Waals surface area contributed by atoms with Gasteiger partial charge in [0.25, 0.3) is 5.69 Å². The van der Waals surface area contributed by atoms with Gasteiger partial charge in [-0.15, -0.1) is 11.8 Å². The highest BCUT2D eigenvalue weighted by Gasteiger charge is 2.05. The molecule has 0 aliphatic heterocycles. The summed E-state index contributed by atoms with van der Waals surface area (Å²) in [7, 11) is 0. The number of carbonyl (C=O) groups is 1. The van der Waals surface area contributed by atoms with Crippen molar-refractivity contribution in [1.82, 2.24) is 4.98 Å². The fraction of sp³-hybridized carbons (Fsp3) is 0.250. The van der Waals surface area contributed by atoms with Gasteiger partial charge in [-0.25, -0.2) is 4.98 Å². The van der Waals surface area contributed by atoms with Gasteiger partial charge in [0.15, 0.2) is 0 Å². The minimum absolute atomic E-state index is 0.0450. The Morgan fingerprint density at radius 2 is 2.33 bits per heavy atom. The molecule has 0 saturated heterocycles. The second-order valence-corrected chi connectivity index (χ2v) is 3.72. The Morgan fingerprint density at radius 3 is 2.80 bits per heavy atom. The Labute approximate surface area is 89.5 Å². The maximum absolute atomic E-state index is 10.3. The van der Waals surface area contributed by atoms with Crippen LogP contribution in [0.2, 0.25) is 0 Å². The number of carboxylic acids is 1. The monoisotopic (exact) mass is 228 g/mol. The zero-order valence-corrected chi connectivity index (χ0v) is 8.44. The van der Waals surface area contributed by atoms with Gasteiger partial charge >= 0.3 is 5.97 Å². The molecule has 1 aromatic heterocycles. The van der Waals surface area contributed by atoms with Crippen molar-refractivity contribution >= 4 is 23.4 Å². The molecule has 15 heavy (non-hydrogen) atoms. The maximum Gasteiger partial charge on any atom is 0.304 e. The molecule has 0 aliphatic rings. The predicted molar refractivity (Wildman–Crippen MR) is 53.9 cm³/mol. The van der Waals surface area contributed by atoms with E-state index in [-0.39, 0.29) is 12.1 Å². The first-order chi connectivity index (χ1) is 7.09. The zero-order valence-electron chi connectivity index (χ0n) is 7.62. The van der Waals surface area contributed by atoms with Crippen molar-refractivity contribution < 1.29 is 14.8 Å². The smallest absolute Gasteiger partial charge is 0.304 e. The van der Waals surface area contributed by atoms with Crippen LogP contribution in [0.15, 0.2) is 23.4 Å². The van der Waals surface area contributed by atoms with Gasteiger partial charge in [0.05, 0.1) is 16.4 Å². The molecule has 0 saturated carbocycles. The highest BCUT2D eigenvalue weighted by atomic mass is 32.2. The molecular formula is C8H8N2O4S. The van der Waals surface area contributed by atoms with Gasteiger partial charge < -0.3 is 5.11 Å². The van der Waals surface area contributed by atoms with Crippen molar-refractivity contribution in [3.05, 3.63) is 28.4 Å². The Bertz CT molecular complexity index is 365. The van der Waals surface area contributed by atoms with Crippen molar-refractivity contribution in [2.45, 2.75) is 11.4 Å². The Morgan fingerprint density at radius 1 is 1.60 bits per heavy atom. The van der Waals surface area contributed by atoms with Gasteiger partial charge in [-0.3, -0.25) is 14.9 Å². The zero-order chi connectivity index (χ0) is 11.3. The van der Waals surface area contributed by atoms with E-state index < -0.39 is 10.9 Å². The van der Waals surface area contributed by atoms with E-state index in [1.807, 2.05) is 0 Å². The highest BCUT2D eigenvalue weighted by molar-refractivity contribution is 7.99. The summed E-state index contributed by atoms with van der Waals surface area (Å²) in [6.07, 6.45) is 1.20. The number of nitro groups is 1. The van der Waals surface area contributed by atoms with Crippen molar-refractivity contribution in [3.8, 4) is 0 Å². The summed E-state index contributed by atoms with van der Waals surface area (Å²) >= 11 is 1.25. The van der Waals surface area contributed by atoms with E-state index in [1.165, 1.54) is 23.9 Å². The minimum Gasteiger partial charge on any atom is -0.481 e. The summed E-state index contributed by atoms with van der Waals surface area (Å²) < 4.78 is 0. The first-order valence-electron chi connectivity index (χ1n) is 4.04. The fourth-order valence-electron chi connectivity index (χ4n) is 0.809. The Kier molecular flexibility index (Phi) is 4.04. The Hall–Kier alpha value is -1.63. The molecule has 0 amide bonds. The topological polar surface area (TPSA) is 93.3 Å². The summed E-state index contributed by atoms with van der Waals surface area (Å²) in [6, 6.07) is 2.85. The average molecular weight is 228 g/mol. The number of nitrogens with zero attached hydrogens (tertiary/aromatic N) is 2. The number of pyridine rings is 1. The molecule has 0 aliphatic carbocycles. The van der Waals surface area contributed by atoms with Crippen LogP contribution >= 0.6 is 11.8 Å². The third kappa shape index (κ3) is 3.94. The van der Waals surface area contributed by atoms with E-state index in [4.69, 9.17) is 5.11 Å². The standard InChI is InChI=1S/C8H8N2O4S/c11-8(12)3-4-15-7-2-1-6(5-9-7)10(13)14/h1-2,5H,3-4H2,(H,11,12). The van der Waals surface area contributed by atoms with Crippen LogP contribution in [0.5, 0.6) is 0 Å². The van der Waals surface area contributed by atoms with E-state index in [1.54, 1.807) is 0 Å². The van der Waals surface area contributed by atoms with Gasteiger partial charge in [-0.2, -0.15) is 0 Å². The van der Waals surface area contributed by atoms with Gasteiger partial charge in [-0.05, 0) is 6.07 Å². The van der Waals surface area contributed by atoms with Gasteiger partial charge in [0.2, 0.25) is 0 Å². The lowest BCUT2D eigenvalue weighted by atomic mass is 10.4. The lowest BCUT2D eigenvalue weighted by Crippen LogP contribution is -1.96. The van der Waals surface area contributed by atoms with Crippen molar-refractivity contribution in [2.24, 2.45) is 0 Å². The summed E-state index contributed by atoms with van der Waals surface area (Å²) in [5, 5.41) is 19.3. The van der Waals surface area contributed by atoms with E-state index in [2.05, 4.69) is 4.98 Å². The second-order valence-electron chi connectivity index (χ2n) is 2.60. The van der Waals surface area contributed by atoms with Crippen LogP contribution in [0, 0.1) is 10.1 Å². The number of carboxylic acid groups (broad SMARTS) is 1. The van der Waals surface area contributed by atoms with Gasteiger partial charge in [-0.1, -0.05) is 0 Å². The molecule has 1 rings (SSSR count). The van der Waals surface area contributed by atoms with Crippen molar-refractivity contribution in [2.75, 3.05) is 5.75 Å². The van der Waals surface area contributed by atoms with Crippen LogP contribution in [0.25, 0.3) is 0 Å². The lowest BCUT2D eigenvalue weighted by Gasteiger charge is -1.97. The van der Waals surface area contributed by atoms with Crippen LogP contribution in [-0.2, 0) is 4.79 Å². The second kappa shape index (κ2) is 5.30.